The first-order valence-corrected chi connectivity index (χ1v) is 7.79. The first kappa shape index (κ1) is 14.6. The zero-order valence-electron chi connectivity index (χ0n) is 11.9. The van der Waals surface area contributed by atoms with Crippen molar-refractivity contribution < 1.29 is 0 Å². The van der Waals surface area contributed by atoms with E-state index < -0.39 is 0 Å². The normalized spacial score (nSPS) is 12.7. The first-order chi connectivity index (χ1) is 9.04. The van der Waals surface area contributed by atoms with E-state index in [1.807, 2.05) is 0 Å². The van der Waals surface area contributed by atoms with Crippen molar-refractivity contribution in [2.24, 2.45) is 0 Å². The van der Waals surface area contributed by atoms with E-state index in [9.17, 15) is 0 Å². The monoisotopic (exact) mass is 293 g/mol. The van der Waals surface area contributed by atoms with Gasteiger partial charge >= 0.3 is 0 Å². The minimum Gasteiger partial charge on any atom is -0.306 e. The number of aryl methyl sites for hydroxylation is 2. The molecule has 0 aliphatic carbocycles. The molecule has 0 aliphatic heterocycles. The number of benzene rings is 1. The van der Waals surface area contributed by atoms with Crippen LogP contribution in [0.4, 0.5) is 0 Å². The Morgan fingerprint density at radius 3 is 2.53 bits per heavy atom. The molecule has 1 nitrogen and oxygen atoms in total. The molecule has 0 saturated carbocycles. The maximum Gasteiger partial charge on any atom is 0.0961 e. The number of nitrogens with one attached hydrogen (secondary N) is 1. The highest BCUT2D eigenvalue weighted by Gasteiger charge is 2.18. The molecule has 1 atom stereocenters. The van der Waals surface area contributed by atoms with E-state index in [-0.39, 0.29) is 6.04 Å². The Morgan fingerprint density at radius 2 is 1.95 bits per heavy atom. The fraction of sp³-hybridized carbons (Fsp3) is 0.375. The van der Waals surface area contributed by atoms with Crippen LogP contribution in [0.3, 0.4) is 0 Å². The predicted octanol–water partition coefficient (Wildman–Crippen LogP) is 5.03. The highest BCUT2D eigenvalue weighted by atomic mass is 35.5. The van der Waals surface area contributed by atoms with Gasteiger partial charge in [-0.1, -0.05) is 36.7 Å². The fourth-order valence-corrected chi connectivity index (χ4v) is 3.59. The largest absolute Gasteiger partial charge is 0.306 e. The molecule has 2 rings (SSSR count). The van der Waals surface area contributed by atoms with Crippen LogP contribution in [0.5, 0.6) is 0 Å². The molecule has 1 unspecified atom stereocenters. The van der Waals surface area contributed by atoms with Crippen molar-refractivity contribution >= 4 is 22.9 Å². The standard InChI is InChI=1S/C16H20ClNS/c1-5-18-15(14-9-11(3)16(17)19-14)13-8-6-7-10(2)12(13)4/h6-9,15,18H,5H2,1-4H3. The average Bonchev–Trinajstić information content (AvgIpc) is 2.70. The van der Waals surface area contributed by atoms with Crippen LogP contribution in [-0.4, -0.2) is 6.54 Å². The second kappa shape index (κ2) is 6.08. The van der Waals surface area contributed by atoms with Gasteiger partial charge in [0.15, 0.2) is 0 Å². The highest BCUT2D eigenvalue weighted by molar-refractivity contribution is 7.16. The first-order valence-electron chi connectivity index (χ1n) is 6.60. The third-order valence-corrected chi connectivity index (χ3v) is 5.15. The van der Waals surface area contributed by atoms with Crippen molar-refractivity contribution in [2.45, 2.75) is 33.7 Å². The summed E-state index contributed by atoms with van der Waals surface area (Å²) in [5.41, 5.74) is 5.20. The summed E-state index contributed by atoms with van der Waals surface area (Å²) in [5.74, 6) is 0. The topological polar surface area (TPSA) is 12.0 Å². The number of rotatable bonds is 4. The molecule has 0 amide bonds. The van der Waals surface area contributed by atoms with Gasteiger partial charge in [0.25, 0.3) is 0 Å². The molecule has 0 fully saturated rings. The Kier molecular flexibility index (Phi) is 4.67. The third kappa shape index (κ3) is 3.02. The fourth-order valence-electron chi connectivity index (χ4n) is 2.28. The zero-order chi connectivity index (χ0) is 14.0. The number of hydrogen-bond donors (Lipinski definition) is 1. The maximum atomic E-state index is 6.22. The second-order valence-corrected chi connectivity index (χ2v) is 6.57. The summed E-state index contributed by atoms with van der Waals surface area (Å²) in [6.45, 7) is 9.49. The molecule has 1 aromatic heterocycles. The lowest BCUT2D eigenvalue weighted by Crippen LogP contribution is -2.22. The van der Waals surface area contributed by atoms with E-state index in [2.05, 4.69) is 57.3 Å². The molecule has 102 valence electrons. The van der Waals surface area contributed by atoms with Crippen molar-refractivity contribution in [3.63, 3.8) is 0 Å². The number of halogens is 1. The maximum absolute atomic E-state index is 6.22. The Morgan fingerprint density at radius 1 is 1.21 bits per heavy atom. The summed E-state index contributed by atoms with van der Waals surface area (Å²) >= 11 is 7.90. The molecule has 19 heavy (non-hydrogen) atoms. The average molecular weight is 294 g/mol. The quantitative estimate of drug-likeness (QED) is 0.834. The molecule has 1 N–H and O–H groups in total. The van der Waals surface area contributed by atoms with Crippen LogP contribution in [0.2, 0.25) is 4.34 Å². The summed E-state index contributed by atoms with van der Waals surface area (Å²) in [5, 5.41) is 3.58. The van der Waals surface area contributed by atoms with E-state index in [1.165, 1.54) is 21.6 Å². The lowest BCUT2D eigenvalue weighted by Gasteiger charge is -2.20. The van der Waals surface area contributed by atoms with Crippen molar-refractivity contribution in [1.82, 2.24) is 5.32 Å². The second-order valence-electron chi connectivity index (χ2n) is 4.89. The molecule has 2 aromatic rings. The van der Waals surface area contributed by atoms with Gasteiger partial charge in [-0.2, -0.15) is 0 Å². The van der Waals surface area contributed by atoms with E-state index >= 15 is 0 Å². The highest BCUT2D eigenvalue weighted by Crippen LogP contribution is 2.35. The molecule has 3 heteroatoms. The number of thiophene rings is 1. The summed E-state index contributed by atoms with van der Waals surface area (Å²) in [4.78, 5) is 1.29. The minimum atomic E-state index is 0.237. The molecule has 0 bridgehead atoms. The molecular weight excluding hydrogens is 274 g/mol. The molecule has 1 heterocycles. The molecule has 0 aliphatic rings. The van der Waals surface area contributed by atoms with Crippen LogP contribution >= 0.6 is 22.9 Å². The Balaban J connectivity index is 2.48. The minimum absolute atomic E-state index is 0.237. The Labute approximate surface area is 124 Å². The van der Waals surface area contributed by atoms with E-state index in [4.69, 9.17) is 11.6 Å². The lowest BCUT2D eigenvalue weighted by molar-refractivity contribution is 0.636. The van der Waals surface area contributed by atoms with Crippen molar-refractivity contribution in [2.75, 3.05) is 6.54 Å². The van der Waals surface area contributed by atoms with Crippen molar-refractivity contribution in [3.8, 4) is 0 Å². The van der Waals surface area contributed by atoms with Crippen LogP contribution in [0.15, 0.2) is 24.3 Å². The summed E-state index contributed by atoms with van der Waals surface area (Å²) in [6.07, 6.45) is 0. The van der Waals surface area contributed by atoms with Crippen molar-refractivity contribution in [1.29, 1.82) is 0 Å². The van der Waals surface area contributed by atoms with Gasteiger partial charge in [-0.05, 0) is 55.6 Å². The van der Waals surface area contributed by atoms with Crippen LogP contribution in [0.1, 0.15) is 40.1 Å². The van der Waals surface area contributed by atoms with Crippen LogP contribution in [-0.2, 0) is 0 Å². The molecule has 1 aromatic carbocycles. The van der Waals surface area contributed by atoms with E-state index in [0.29, 0.717) is 0 Å². The van der Waals surface area contributed by atoms with Gasteiger partial charge in [-0.15, -0.1) is 11.3 Å². The van der Waals surface area contributed by atoms with Crippen LogP contribution < -0.4 is 5.32 Å². The molecule has 0 spiro atoms. The summed E-state index contributed by atoms with van der Waals surface area (Å²) < 4.78 is 0.892. The summed E-state index contributed by atoms with van der Waals surface area (Å²) in [7, 11) is 0. The smallest absolute Gasteiger partial charge is 0.0961 e. The zero-order valence-corrected chi connectivity index (χ0v) is 13.5. The van der Waals surface area contributed by atoms with Gasteiger partial charge in [-0.3, -0.25) is 0 Å². The van der Waals surface area contributed by atoms with Crippen LogP contribution in [0.25, 0.3) is 0 Å². The lowest BCUT2D eigenvalue weighted by atomic mass is 9.96. The summed E-state index contributed by atoms with van der Waals surface area (Å²) in [6, 6.07) is 8.93. The predicted molar refractivity (Wildman–Crippen MR) is 85.5 cm³/mol. The van der Waals surface area contributed by atoms with Gasteiger partial charge in [0.2, 0.25) is 0 Å². The van der Waals surface area contributed by atoms with Gasteiger partial charge in [0, 0.05) is 4.88 Å². The van der Waals surface area contributed by atoms with Gasteiger partial charge in [0.05, 0.1) is 10.4 Å². The van der Waals surface area contributed by atoms with E-state index in [0.717, 1.165) is 16.4 Å². The molecule has 0 radical (unpaired) electrons. The Bertz CT molecular complexity index is 555. The SMILES string of the molecule is CCNC(c1cc(C)c(Cl)s1)c1cccc(C)c1C. The van der Waals surface area contributed by atoms with Crippen LogP contribution in [0, 0.1) is 20.8 Å². The van der Waals surface area contributed by atoms with Crippen molar-refractivity contribution in [3.05, 3.63) is 55.7 Å². The van der Waals surface area contributed by atoms with Gasteiger partial charge in [0.1, 0.15) is 0 Å². The third-order valence-electron chi connectivity index (χ3n) is 3.53. The molecular formula is C16H20ClNS. The van der Waals surface area contributed by atoms with E-state index in [1.54, 1.807) is 11.3 Å². The molecule has 0 saturated heterocycles. The van der Waals surface area contributed by atoms with Gasteiger partial charge < -0.3 is 5.32 Å². The Hall–Kier alpha value is -0.830. The van der Waals surface area contributed by atoms with Gasteiger partial charge in [-0.25, -0.2) is 0 Å². The number of hydrogen-bond acceptors (Lipinski definition) is 2.